The van der Waals surface area contributed by atoms with E-state index < -0.39 is 0 Å². The summed E-state index contributed by atoms with van der Waals surface area (Å²) >= 11 is 8.68. The zero-order chi connectivity index (χ0) is 9.10. The summed E-state index contributed by atoms with van der Waals surface area (Å²) in [4.78, 5) is 0. The van der Waals surface area contributed by atoms with Gasteiger partial charge in [-0.05, 0) is 12.2 Å². The van der Waals surface area contributed by atoms with E-state index in [1.807, 2.05) is 0 Å². The largest absolute Gasteiger partial charge is 0.160 e. The van der Waals surface area contributed by atoms with Crippen LogP contribution >= 0.6 is 47.0 Å². The number of hydrogen-bond acceptors (Lipinski definition) is 4. The first-order chi connectivity index (χ1) is 6.40. The molecule has 0 nitrogen and oxygen atoms in total. The van der Waals surface area contributed by atoms with E-state index in [1.54, 1.807) is 0 Å². The quantitative estimate of drug-likeness (QED) is 0.664. The minimum Gasteiger partial charge on any atom is -0.160 e. The Morgan fingerprint density at radius 1 is 1.31 bits per heavy atom. The van der Waals surface area contributed by atoms with Gasteiger partial charge in [-0.2, -0.15) is 23.5 Å². The highest BCUT2D eigenvalue weighted by Crippen LogP contribution is 2.51. The summed E-state index contributed by atoms with van der Waals surface area (Å²) in [5.41, 5.74) is 0. The standard InChI is InChI=1S/C9H16S4/c1-2-3-11-9-8(13-9)6-12-7-4-10-5-7/h7-9H,2-6H2,1H3. The maximum absolute atomic E-state index is 2.27. The monoisotopic (exact) mass is 252 g/mol. The van der Waals surface area contributed by atoms with Crippen molar-refractivity contribution in [3.63, 3.8) is 0 Å². The van der Waals surface area contributed by atoms with Gasteiger partial charge in [0.2, 0.25) is 0 Å². The number of thioether (sulfide) groups is 4. The van der Waals surface area contributed by atoms with Crippen LogP contribution in [0.3, 0.4) is 0 Å². The summed E-state index contributed by atoms with van der Waals surface area (Å²) in [7, 11) is 0. The van der Waals surface area contributed by atoms with E-state index in [-0.39, 0.29) is 0 Å². The molecular formula is C9H16S4. The van der Waals surface area contributed by atoms with Gasteiger partial charge in [0.25, 0.3) is 0 Å². The zero-order valence-corrected chi connectivity index (χ0v) is 11.2. The Morgan fingerprint density at radius 3 is 2.77 bits per heavy atom. The molecule has 2 saturated heterocycles. The van der Waals surface area contributed by atoms with Crippen molar-refractivity contribution in [1.29, 1.82) is 0 Å². The van der Waals surface area contributed by atoms with Crippen molar-refractivity contribution in [1.82, 2.24) is 0 Å². The van der Waals surface area contributed by atoms with Gasteiger partial charge in [0, 0.05) is 27.8 Å². The molecule has 0 aromatic carbocycles. The first-order valence-electron chi connectivity index (χ1n) is 4.86. The van der Waals surface area contributed by atoms with Gasteiger partial charge in [0.1, 0.15) is 0 Å². The molecular weight excluding hydrogens is 236 g/mol. The maximum Gasteiger partial charge on any atom is 0.0633 e. The Hall–Kier alpha value is 1.40. The van der Waals surface area contributed by atoms with Crippen LogP contribution < -0.4 is 0 Å². The second kappa shape index (κ2) is 5.47. The molecule has 0 saturated carbocycles. The zero-order valence-electron chi connectivity index (χ0n) is 7.90. The van der Waals surface area contributed by atoms with Gasteiger partial charge >= 0.3 is 0 Å². The molecule has 0 aliphatic carbocycles. The highest BCUT2D eigenvalue weighted by molar-refractivity contribution is 8.24. The maximum atomic E-state index is 2.27. The van der Waals surface area contributed by atoms with Gasteiger partial charge in [0.15, 0.2) is 0 Å². The fraction of sp³-hybridized carbons (Fsp3) is 1.00. The third kappa shape index (κ3) is 3.47. The molecule has 4 heteroatoms. The van der Waals surface area contributed by atoms with Gasteiger partial charge in [0.05, 0.1) is 4.58 Å². The van der Waals surface area contributed by atoms with Crippen molar-refractivity contribution in [3.05, 3.63) is 0 Å². The van der Waals surface area contributed by atoms with E-state index in [1.165, 1.54) is 29.4 Å². The Labute approximate surface area is 98.1 Å². The Balaban J connectivity index is 1.48. The van der Waals surface area contributed by atoms with Gasteiger partial charge in [-0.25, -0.2) is 0 Å². The van der Waals surface area contributed by atoms with Crippen LogP contribution in [-0.2, 0) is 0 Å². The van der Waals surface area contributed by atoms with Crippen LogP contribution in [0, 0.1) is 0 Å². The van der Waals surface area contributed by atoms with E-state index >= 15 is 0 Å². The normalized spacial score (nSPS) is 33.0. The van der Waals surface area contributed by atoms with Crippen molar-refractivity contribution < 1.29 is 0 Å². The Morgan fingerprint density at radius 2 is 2.15 bits per heavy atom. The van der Waals surface area contributed by atoms with E-state index in [9.17, 15) is 0 Å². The summed E-state index contributed by atoms with van der Waals surface area (Å²) in [6.45, 7) is 2.27. The second-order valence-corrected chi connectivity index (χ2v) is 8.75. The van der Waals surface area contributed by atoms with Crippen LogP contribution in [0.4, 0.5) is 0 Å². The van der Waals surface area contributed by atoms with Crippen molar-refractivity contribution in [2.45, 2.75) is 28.4 Å². The minimum absolute atomic E-state index is 0.958. The average molecular weight is 252 g/mol. The first kappa shape index (κ1) is 10.9. The lowest BCUT2D eigenvalue weighted by Crippen LogP contribution is -2.21. The molecule has 2 unspecified atom stereocenters. The lowest BCUT2D eigenvalue weighted by atomic mass is 10.5. The smallest absolute Gasteiger partial charge is 0.0633 e. The van der Waals surface area contributed by atoms with Crippen molar-refractivity contribution in [2.75, 3.05) is 23.0 Å². The number of hydrogen-bond donors (Lipinski definition) is 0. The molecule has 0 aromatic rings. The molecule has 2 fully saturated rings. The molecule has 0 N–H and O–H groups in total. The number of rotatable bonds is 6. The molecule has 2 aliphatic heterocycles. The average Bonchev–Trinajstić information content (AvgIpc) is 2.77. The molecule has 13 heavy (non-hydrogen) atoms. The summed E-state index contributed by atoms with van der Waals surface area (Å²) in [5.74, 6) is 5.60. The molecule has 2 atom stereocenters. The molecule has 0 aromatic heterocycles. The van der Waals surface area contributed by atoms with Gasteiger partial charge in [-0.1, -0.05) is 6.92 Å². The third-order valence-corrected chi connectivity index (χ3v) is 8.68. The van der Waals surface area contributed by atoms with Crippen molar-refractivity contribution >= 4 is 47.0 Å². The summed E-state index contributed by atoms with van der Waals surface area (Å²) in [5, 5.41) is 2.00. The van der Waals surface area contributed by atoms with Crippen LogP contribution in [-0.4, -0.2) is 38.1 Å². The predicted molar refractivity (Wildman–Crippen MR) is 71.5 cm³/mol. The lowest BCUT2D eigenvalue weighted by molar-refractivity contribution is 1.07. The molecule has 0 radical (unpaired) electrons. The first-order valence-corrected chi connectivity index (χ1v) is 9.06. The molecule has 76 valence electrons. The van der Waals surface area contributed by atoms with Crippen LogP contribution in [0.5, 0.6) is 0 Å². The molecule has 0 spiro atoms. The fourth-order valence-electron chi connectivity index (χ4n) is 1.17. The summed E-state index contributed by atoms with van der Waals surface area (Å²) < 4.78 is 0.958. The van der Waals surface area contributed by atoms with E-state index in [4.69, 9.17) is 0 Å². The van der Waals surface area contributed by atoms with Crippen LogP contribution in [0.2, 0.25) is 0 Å². The Bertz CT molecular complexity index is 158. The van der Waals surface area contributed by atoms with Crippen molar-refractivity contribution in [2.24, 2.45) is 0 Å². The molecule has 2 heterocycles. The fourth-order valence-corrected chi connectivity index (χ4v) is 6.79. The third-order valence-electron chi connectivity index (χ3n) is 2.13. The highest BCUT2D eigenvalue weighted by atomic mass is 32.2. The van der Waals surface area contributed by atoms with E-state index in [2.05, 4.69) is 54.0 Å². The second-order valence-electron chi connectivity index (χ2n) is 3.41. The van der Waals surface area contributed by atoms with E-state index in [0.717, 1.165) is 15.1 Å². The van der Waals surface area contributed by atoms with Gasteiger partial charge < -0.3 is 0 Å². The molecule has 2 rings (SSSR count). The van der Waals surface area contributed by atoms with Crippen LogP contribution in [0.15, 0.2) is 0 Å². The lowest BCUT2D eigenvalue weighted by Gasteiger charge is -2.23. The van der Waals surface area contributed by atoms with Gasteiger partial charge in [-0.15, -0.1) is 23.5 Å². The highest BCUT2D eigenvalue weighted by Gasteiger charge is 2.38. The predicted octanol–water partition coefficient (Wildman–Crippen LogP) is 3.42. The van der Waals surface area contributed by atoms with Crippen molar-refractivity contribution in [3.8, 4) is 0 Å². The van der Waals surface area contributed by atoms with Crippen LogP contribution in [0.1, 0.15) is 13.3 Å². The van der Waals surface area contributed by atoms with E-state index in [0.29, 0.717) is 0 Å². The topological polar surface area (TPSA) is 0 Å². The Kier molecular flexibility index (Phi) is 4.59. The van der Waals surface area contributed by atoms with Crippen LogP contribution in [0.25, 0.3) is 0 Å². The molecule has 0 amide bonds. The molecule has 2 aliphatic rings. The summed E-state index contributed by atoms with van der Waals surface area (Å²) in [6.07, 6.45) is 1.33. The molecule has 0 bridgehead atoms. The SMILES string of the molecule is CCCSC1SC1CSC1CSC1. The van der Waals surface area contributed by atoms with Gasteiger partial charge in [-0.3, -0.25) is 0 Å². The summed E-state index contributed by atoms with van der Waals surface area (Å²) in [6, 6.07) is 0. The minimum atomic E-state index is 0.958.